The van der Waals surface area contributed by atoms with Gasteiger partial charge in [-0.1, -0.05) is 66.7 Å². The number of imidazole rings is 1. The second-order valence-corrected chi connectivity index (χ2v) is 8.89. The molecule has 4 aromatic rings. The zero-order chi connectivity index (χ0) is 24.2. The molecule has 35 heavy (non-hydrogen) atoms. The number of pyridine rings is 1. The number of amides is 2. The van der Waals surface area contributed by atoms with Gasteiger partial charge in [0.15, 0.2) is 0 Å². The molecule has 1 N–H and O–H groups in total. The molecule has 0 radical (unpaired) electrons. The second-order valence-electron chi connectivity index (χ2n) is 8.89. The number of fused-ring (bicyclic) bond motifs is 1. The highest BCUT2D eigenvalue weighted by molar-refractivity contribution is 5.96. The zero-order valence-electron chi connectivity index (χ0n) is 19.7. The molecule has 2 amide bonds. The van der Waals surface area contributed by atoms with Crippen LogP contribution < -0.4 is 5.32 Å². The molecule has 0 spiro atoms. The average Bonchev–Trinajstić information content (AvgIpc) is 3.28. The van der Waals surface area contributed by atoms with Crippen LogP contribution in [0.15, 0.2) is 85.1 Å². The summed E-state index contributed by atoms with van der Waals surface area (Å²) in [4.78, 5) is 32.6. The standard InChI is InChI=1S/C29H28N4O2/c1-21-9-8-18-33-27(21)30-26(23-12-6-3-7-13-23)28(33)31-29(35)24-16-19-32(20-17-24)25(34)15-14-22-10-4-2-5-11-22/h2-15,18,24H,16-17,19-20H2,1H3,(H,31,35)/b15-14+. The number of carbonyl (C=O) groups is 2. The Balaban J connectivity index is 1.29. The summed E-state index contributed by atoms with van der Waals surface area (Å²) in [6, 6.07) is 23.7. The molecule has 2 aromatic carbocycles. The van der Waals surface area contributed by atoms with E-state index >= 15 is 0 Å². The number of anilines is 1. The fraction of sp³-hybridized carbons (Fsp3) is 0.207. The van der Waals surface area contributed by atoms with Gasteiger partial charge in [-0.25, -0.2) is 4.98 Å². The molecule has 0 bridgehead atoms. The number of nitrogens with zero attached hydrogens (tertiary/aromatic N) is 3. The van der Waals surface area contributed by atoms with E-state index in [-0.39, 0.29) is 17.7 Å². The Hall–Kier alpha value is -4.19. The highest BCUT2D eigenvalue weighted by atomic mass is 16.2. The van der Waals surface area contributed by atoms with Crippen molar-refractivity contribution in [2.45, 2.75) is 19.8 Å². The number of carbonyl (C=O) groups excluding carboxylic acids is 2. The van der Waals surface area contributed by atoms with E-state index in [4.69, 9.17) is 4.98 Å². The molecular weight excluding hydrogens is 436 g/mol. The van der Waals surface area contributed by atoms with Crippen molar-refractivity contribution < 1.29 is 9.59 Å². The Bertz CT molecular complexity index is 1370. The lowest BCUT2D eigenvalue weighted by Crippen LogP contribution is -2.40. The number of piperidine rings is 1. The Morgan fingerprint density at radius 3 is 2.34 bits per heavy atom. The number of hydrogen-bond acceptors (Lipinski definition) is 3. The first-order valence-electron chi connectivity index (χ1n) is 12.0. The number of aryl methyl sites for hydroxylation is 1. The highest BCUT2D eigenvalue weighted by Crippen LogP contribution is 2.31. The van der Waals surface area contributed by atoms with Gasteiger partial charge in [0.1, 0.15) is 17.2 Å². The summed E-state index contributed by atoms with van der Waals surface area (Å²) in [5.41, 5.74) is 4.57. The molecule has 1 fully saturated rings. The monoisotopic (exact) mass is 464 g/mol. The molecular formula is C29H28N4O2. The van der Waals surface area contributed by atoms with Gasteiger partial charge in [-0.2, -0.15) is 0 Å². The number of hydrogen-bond donors (Lipinski definition) is 1. The molecule has 0 unspecified atom stereocenters. The first kappa shape index (κ1) is 22.6. The molecule has 3 heterocycles. The third kappa shape index (κ3) is 4.87. The van der Waals surface area contributed by atoms with Crippen LogP contribution in [0.25, 0.3) is 23.0 Å². The first-order valence-corrected chi connectivity index (χ1v) is 12.0. The summed E-state index contributed by atoms with van der Waals surface area (Å²) >= 11 is 0. The van der Waals surface area contributed by atoms with Crippen LogP contribution in [0.3, 0.4) is 0 Å². The van der Waals surface area contributed by atoms with E-state index in [0.29, 0.717) is 31.7 Å². The summed E-state index contributed by atoms with van der Waals surface area (Å²) in [6.45, 7) is 3.14. The van der Waals surface area contributed by atoms with Gasteiger partial charge >= 0.3 is 0 Å². The fourth-order valence-corrected chi connectivity index (χ4v) is 4.54. The summed E-state index contributed by atoms with van der Waals surface area (Å²) in [5.74, 6) is 0.481. The molecule has 0 atom stereocenters. The lowest BCUT2D eigenvalue weighted by Gasteiger charge is -2.30. The van der Waals surface area contributed by atoms with E-state index in [1.807, 2.05) is 101 Å². The van der Waals surface area contributed by atoms with Crippen molar-refractivity contribution in [2.24, 2.45) is 5.92 Å². The van der Waals surface area contributed by atoms with Gasteiger partial charge in [0, 0.05) is 36.8 Å². The molecule has 5 rings (SSSR count). The lowest BCUT2D eigenvalue weighted by molar-refractivity contribution is -0.130. The zero-order valence-corrected chi connectivity index (χ0v) is 19.7. The molecule has 1 aliphatic heterocycles. The van der Waals surface area contributed by atoms with Gasteiger partial charge in [0.2, 0.25) is 11.8 Å². The molecule has 1 aliphatic rings. The minimum absolute atomic E-state index is 0.0173. The maximum Gasteiger partial charge on any atom is 0.246 e. The van der Waals surface area contributed by atoms with Crippen molar-refractivity contribution in [3.05, 3.63) is 96.2 Å². The summed E-state index contributed by atoms with van der Waals surface area (Å²) in [5, 5.41) is 3.16. The number of rotatable bonds is 5. The third-order valence-corrected chi connectivity index (χ3v) is 6.53. The highest BCUT2D eigenvalue weighted by Gasteiger charge is 2.28. The van der Waals surface area contributed by atoms with E-state index in [2.05, 4.69) is 5.32 Å². The first-order chi connectivity index (χ1) is 17.1. The Morgan fingerprint density at radius 1 is 0.943 bits per heavy atom. The minimum Gasteiger partial charge on any atom is -0.339 e. The van der Waals surface area contributed by atoms with Crippen LogP contribution in [0.1, 0.15) is 24.0 Å². The van der Waals surface area contributed by atoms with Gasteiger partial charge < -0.3 is 10.2 Å². The van der Waals surface area contributed by atoms with Crippen molar-refractivity contribution in [1.29, 1.82) is 0 Å². The van der Waals surface area contributed by atoms with Crippen molar-refractivity contribution in [1.82, 2.24) is 14.3 Å². The largest absolute Gasteiger partial charge is 0.339 e. The van der Waals surface area contributed by atoms with E-state index in [9.17, 15) is 9.59 Å². The summed E-state index contributed by atoms with van der Waals surface area (Å²) < 4.78 is 1.95. The van der Waals surface area contributed by atoms with Gasteiger partial charge in [0.25, 0.3) is 0 Å². The van der Waals surface area contributed by atoms with Crippen molar-refractivity contribution >= 4 is 29.4 Å². The number of benzene rings is 2. The maximum atomic E-state index is 13.3. The van der Waals surface area contributed by atoms with E-state index in [1.165, 1.54) is 0 Å². The van der Waals surface area contributed by atoms with Crippen molar-refractivity contribution in [3.63, 3.8) is 0 Å². The van der Waals surface area contributed by atoms with Gasteiger partial charge in [-0.15, -0.1) is 0 Å². The van der Waals surface area contributed by atoms with Crippen LogP contribution in [0.4, 0.5) is 5.82 Å². The van der Waals surface area contributed by atoms with Gasteiger partial charge in [0.05, 0.1) is 0 Å². The summed E-state index contributed by atoms with van der Waals surface area (Å²) in [7, 11) is 0. The predicted molar refractivity (Wildman–Crippen MR) is 139 cm³/mol. The van der Waals surface area contributed by atoms with Crippen LogP contribution in [0.2, 0.25) is 0 Å². The topological polar surface area (TPSA) is 66.7 Å². The Labute approximate surface area is 204 Å². The lowest BCUT2D eigenvalue weighted by atomic mass is 9.95. The molecule has 6 nitrogen and oxygen atoms in total. The molecule has 0 aliphatic carbocycles. The fourth-order valence-electron chi connectivity index (χ4n) is 4.54. The van der Waals surface area contributed by atoms with E-state index in [1.54, 1.807) is 6.08 Å². The Kier molecular flexibility index (Phi) is 6.44. The quantitative estimate of drug-likeness (QED) is 0.413. The molecule has 176 valence electrons. The number of nitrogens with one attached hydrogen (secondary N) is 1. The normalized spacial score (nSPS) is 14.5. The second kappa shape index (κ2) is 9.97. The summed E-state index contributed by atoms with van der Waals surface area (Å²) in [6.07, 6.45) is 6.64. The van der Waals surface area contributed by atoms with E-state index < -0.39 is 0 Å². The molecule has 1 saturated heterocycles. The van der Waals surface area contributed by atoms with E-state index in [0.717, 1.165) is 28.0 Å². The number of likely N-dealkylation sites (tertiary alicyclic amines) is 1. The minimum atomic E-state index is -0.156. The molecule has 0 saturated carbocycles. The van der Waals surface area contributed by atoms with Gasteiger partial charge in [-0.3, -0.25) is 14.0 Å². The van der Waals surface area contributed by atoms with Crippen LogP contribution >= 0.6 is 0 Å². The molecule has 6 heteroatoms. The molecule has 2 aromatic heterocycles. The average molecular weight is 465 g/mol. The SMILES string of the molecule is Cc1cccn2c(NC(=O)C3CCN(C(=O)/C=C/c4ccccc4)CC3)c(-c3ccccc3)nc12. The van der Waals surface area contributed by atoms with Crippen LogP contribution in [-0.4, -0.2) is 39.2 Å². The predicted octanol–water partition coefficient (Wildman–Crippen LogP) is 5.20. The van der Waals surface area contributed by atoms with Crippen molar-refractivity contribution in [2.75, 3.05) is 18.4 Å². The number of aromatic nitrogens is 2. The Morgan fingerprint density at radius 2 is 1.63 bits per heavy atom. The smallest absolute Gasteiger partial charge is 0.246 e. The van der Waals surface area contributed by atoms with Gasteiger partial charge in [-0.05, 0) is 43.0 Å². The maximum absolute atomic E-state index is 13.3. The van der Waals surface area contributed by atoms with Crippen LogP contribution in [0.5, 0.6) is 0 Å². The van der Waals surface area contributed by atoms with Crippen LogP contribution in [-0.2, 0) is 9.59 Å². The third-order valence-electron chi connectivity index (χ3n) is 6.53. The van der Waals surface area contributed by atoms with Crippen LogP contribution in [0, 0.1) is 12.8 Å². The van der Waals surface area contributed by atoms with Crippen molar-refractivity contribution in [3.8, 4) is 11.3 Å².